The summed E-state index contributed by atoms with van der Waals surface area (Å²) in [4.78, 5) is 16.3. The lowest BCUT2D eigenvalue weighted by atomic mass is 9.98. The van der Waals surface area contributed by atoms with E-state index in [1.807, 2.05) is 11.0 Å². The number of hydrogen-bond donors (Lipinski definition) is 0. The van der Waals surface area contributed by atoms with Crippen molar-refractivity contribution in [3.63, 3.8) is 0 Å². The van der Waals surface area contributed by atoms with Gasteiger partial charge in [0.25, 0.3) is 0 Å². The molecule has 1 saturated heterocycles. The van der Waals surface area contributed by atoms with Gasteiger partial charge in [0.2, 0.25) is 5.91 Å². The second-order valence-corrected chi connectivity index (χ2v) is 7.76. The average molecular weight is 375 g/mol. The summed E-state index contributed by atoms with van der Waals surface area (Å²) in [5.74, 6) is 1.15. The Morgan fingerprint density at radius 3 is 2.61 bits per heavy atom. The molecular formula is C23H25N3O2. The zero-order chi connectivity index (χ0) is 19.1. The molecule has 2 aliphatic rings. The van der Waals surface area contributed by atoms with Crippen LogP contribution >= 0.6 is 0 Å². The van der Waals surface area contributed by atoms with E-state index in [9.17, 15) is 4.79 Å². The fourth-order valence-electron chi connectivity index (χ4n) is 4.78. The number of para-hydroxylation sites is 1. The van der Waals surface area contributed by atoms with Crippen LogP contribution in [0.25, 0.3) is 5.69 Å². The van der Waals surface area contributed by atoms with Crippen LogP contribution < -0.4 is 0 Å². The second-order valence-electron chi connectivity index (χ2n) is 7.76. The average Bonchev–Trinajstić information content (AvgIpc) is 3.39. The zero-order valence-corrected chi connectivity index (χ0v) is 16.1. The molecule has 28 heavy (non-hydrogen) atoms. The minimum Gasteiger partial charge on any atom is -0.467 e. The van der Waals surface area contributed by atoms with Gasteiger partial charge in [0.15, 0.2) is 0 Å². The molecule has 5 nitrogen and oxygen atoms in total. The van der Waals surface area contributed by atoms with Crippen molar-refractivity contribution in [2.45, 2.75) is 38.4 Å². The first-order valence-electron chi connectivity index (χ1n) is 10.0. The number of furan rings is 1. The van der Waals surface area contributed by atoms with Crippen LogP contribution in [0.3, 0.4) is 0 Å². The molecule has 2 aliphatic heterocycles. The Morgan fingerprint density at radius 2 is 1.86 bits per heavy atom. The summed E-state index contributed by atoms with van der Waals surface area (Å²) in [5, 5.41) is 0. The maximum absolute atomic E-state index is 11.8. The van der Waals surface area contributed by atoms with Crippen LogP contribution in [0.5, 0.6) is 0 Å². The number of likely N-dealkylation sites (tertiary alicyclic amines) is 1. The molecule has 0 aliphatic carbocycles. The number of nitrogens with zero attached hydrogens (tertiary/aromatic N) is 3. The first-order chi connectivity index (χ1) is 13.7. The maximum atomic E-state index is 11.8. The third-order valence-corrected chi connectivity index (χ3v) is 6.19. The molecule has 5 heteroatoms. The van der Waals surface area contributed by atoms with Crippen LogP contribution in [0.1, 0.15) is 42.8 Å². The third-order valence-electron chi connectivity index (χ3n) is 6.19. The Kier molecular flexibility index (Phi) is 4.32. The third kappa shape index (κ3) is 2.87. The van der Waals surface area contributed by atoms with Gasteiger partial charge in [-0.05, 0) is 48.7 Å². The van der Waals surface area contributed by atoms with E-state index in [1.165, 1.54) is 16.9 Å². The summed E-state index contributed by atoms with van der Waals surface area (Å²) in [6.07, 6.45) is 5.88. The number of rotatable bonds is 2. The van der Waals surface area contributed by atoms with Crippen molar-refractivity contribution in [1.82, 2.24) is 14.4 Å². The van der Waals surface area contributed by atoms with Gasteiger partial charge < -0.3 is 13.9 Å². The number of fused-ring (bicyclic) bond motifs is 3. The van der Waals surface area contributed by atoms with Gasteiger partial charge >= 0.3 is 0 Å². The molecule has 1 fully saturated rings. The topological polar surface area (TPSA) is 41.6 Å². The predicted molar refractivity (Wildman–Crippen MR) is 107 cm³/mol. The highest BCUT2D eigenvalue weighted by molar-refractivity contribution is 5.73. The van der Waals surface area contributed by atoms with Crippen LogP contribution in [0.2, 0.25) is 0 Å². The van der Waals surface area contributed by atoms with Crippen molar-refractivity contribution in [3.8, 4) is 5.69 Å². The van der Waals surface area contributed by atoms with E-state index in [2.05, 4.69) is 58.1 Å². The number of benzene rings is 1. The van der Waals surface area contributed by atoms with Gasteiger partial charge in [-0.3, -0.25) is 9.69 Å². The van der Waals surface area contributed by atoms with Crippen molar-refractivity contribution in [3.05, 3.63) is 78.0 Å². The number of piperidine rings is 1. The molecule has 0 radical (unpaired) electrons. The summed E-state index contributed by atoms with van der Waals surface area (Å²) >= 11 is 0. The molecule has 144 valence electrons. The fourth-order valence-corrected chi connectivity index (χ4v) is 4.78. The highest BCUT2D eigenvalue weighted by atomic mass is 16.3. The van der Waals surface area contributed by atoms with Gasteiger partial charge in [0.05, 0.1) is 6.26 Å². The lowest BCUT2D eigenvalue weighted by Gasteiger charge is -2.41. The normalized spacial score (nSPS) is 20.5. The molecule has 0 saturated carbocycles. The van der Waals surface area contributed by atoms with Gasteiger partial charge in [0, 0.05) is 50.2 Å². The van der Waals surface area contributed by atoms with Gasteiger partial charge in [-0.1, -0.05) is 18.2 Å². The largest absolute Gasteiger partial charge is 0.467 e. The van der Waals surface area contributed by atoms with Crippen molar-refractivity contribution in [2.75, 3.05) is 13.1 Å². The van der Waals surface area contributed by atoms with Crippen molar-refractivity contribution < 1.29 is 9.21 Å². The second kappa shape index (κ2) is 6.99. The summed E-state index contributed by atoms with van der Waals surface area (Å²) in [6.45, 7) is 4.18. The lowest BCUT2D eigenvalue weighted by Crippen LogP contribution is -2.47. The van der Waals surface area contributed by atoms with Gasteiger partial charge in [-0.2, -0.15) is 0 Å². The van der Waals surface area contributed by atoms with E-state index in [0.717, 1.165) is 38.2 Å². The van der Waals surface area contributed by atoms with Crippen LogP contribution in [0.4, 0.5) is 0 Å². The molecule has 0 unspecified atom stereocenters. The summed E-state index contributed by atoms with van der Waals surface area (Å²) in [6, 6.07) is 17.5. The van der Waals surface area contributed by atoms with Crippen LogP contribution in [-0.2, 0) is 11.3 Å². The number of amides is 1. The van der Waals surface area contributed by atoms with Crippen molar-refractivity contribution >= 4 is 5.91 Å². The minimum atomic E-state index is 0.0614. The number of aromatic nitrogens is 1. The standard InChI is InChI=1S/C23H25N3O2/c1-17(27)24-13-10-19(11-14-24)26-16-18-6-2-3-7-20(18)25-12-4-8-21(25)23(26)22-9-5-15-28-22/h2-9,12,15,19,23H,10-11,13-14,16H2,1H3/t23-/m0/s1. The molecule has 1 amide bonds. The lowest BCUT2D eigenvalue weighted by molar-refractivity contribution is -0.130. The Morgan fingerprint density at radius 1 is 1.04 bits per heavy atom. The Bertz CT molecular complexity index is 967. The van der Waals surface area contributed by atoms with E-state index in [1.54, 1.807) is 13.2 Å². The Hall–Kier alpha value is -2.79. The smallest absolute Gasteiger partial charge is 0.219 e. The fraction of sp³-hybridized carbons (Fsp3) is 0.348. The highest BCUT2D eigenvalue weighted by Crippen LogP contribution is 2.39. The SMILES string of the molecule is CC(=O)N1CCC(N2Cc3ccccc3-n3cccc3[C@H]2c2ccco2)CC1. The zero-order valence-electron chi connectivity index (χ0n) is 16.1. The molecule has 5 rings (SSSR count). The Labute approximate surface area is 165 Å². The van der Waals surface area contributed by atoms with Gasteiger partial charge in [-0.15, -0.1) is 0 Å². The molecule has 0 spiro atoms. The first-order valence-corrected chi connectivity index (χ1v) is 10.0. The minimum absolute atomic E-state index is 0.0614. The Balaban J connectivity index is 1.58. The highest BCUT2D eigenvalue weighted by Gasteiger charge is 2.37. The molecule has 1 aromatic carbocycles. The van der Waals surface area contributed by atoms with Crippen LogP contribution in [0, 0.1) is 0 Å². The van der Waals surface area contributed by atoms with Gasteiger partial charge in [-0.25, -0.2) is 0 Å². The first kappa shape index (κ1) is 17.3. The predicted octanol–water partition coefficient (Wildman–Crippen LogP) is 3.99. The van der Waals surface area contributed by atoms with E-state index in [-0.39, 0.29) is 11.9 Å². The van der Waals surface area contributed by atoms with Gasteiger partial charge in [0.1, 0.15) is 11.8 Å². The number of carbonyl (C=O) groups is 1. The summed E-state index contributed by atoms with van der Waals surface area (Å²) in [5.41, 5.74) is 3.79. The monoisotopic (exact) mass is 375 g/mol. The van der Waals surface area contributed by atoms with Crippen molar-refractivity contribution in [1.29, 1.82) is 0 Å². The molecule has 0 N–H and O–H groups in total. The van der Waals surface area contributed by atoms with E-state index in [0.29, 0.717) is 6.04 Å². The molecule has 0 bridgehead atoms. The maximum Gasteiger partial charge on any atom is 0.219 e. The number of carbonyl (C=O) groups excluding carboxylic acids is 1. The number of hydrogen-bond acceptors (Lipinski definition) is 3. The van der Waals surface area contributed by atoms with Crippen LogP contribution in [0.15, 0.2) is 65.4 Å². The van der Waals surface area contributed by atoms with E-state index < -0.39 is 0 Å². The summed E-state index contributed by atoms with van der Waals surface area (Å²) < 4.78 is 8.21. The quantitative estimate of drug-likeness (QED) is 0.680. The van der Waals surface area contributed by atoms with E-state index in [4.69, 9.17) is 4.42 Å². The molecule has 4 heterocycles. The molecule has 3 aromatic rings. The molecular weight excluding hydrogens is 350 g/mol. The molecule has 2 aromatic heterocycles. The van der Waals surface area contributed by atoms with Crippen LogP contribution in [-0.4, -0.2) is 39.4 Å². The summed E-state index contributed by atoms with van der Waals surface area (Å²) in [7, 11) is 0. The van der Waals surface area contributed by atoms with Crippen molar-refractivity contribution in [2.24, 2.45) is 0 Å². The molecule has 1 atom stereocenters. The van der Waals surface area contributed by atoms with E-state index >= 15 is 0 Å².